The smallest absolute Gasteiger partial charge is 0.318 e. The zero-order valence-corrected chi connectivity index (χ0v) is 8.86. The monoisotopic (exact) mass is 208 g/mol. The Balaban J connectivity index is 1.97. The molecular weight excluding hydrogens is 192 g/mol. The molecule has 0 aliphatic carbocycles. The highest BCUT2D eigenvalue weighted by Crippen LogP contribution is 2.11. The molecule has 0 saturated carbocycles. The van der Waals surface area contributed by atoms with Crippen LogP contribution in [0.2, 0.25) is 0 Å². The van der Waals surface area contributed by atoms with Crippen molar-refractivity contribution in [1.82, 2.24) is 15.3 Å². The Morgan fingerprint density at radius 2 is 2.60 bits per heavy atom. The van der Waals surface area contributed by atoms with Crippen molar-refractivity contribution >= 4 is 5.82 Å². The van der Waals surface area contributed by atoms with E-state index in [-0.39, 0.29) is 6.10 Å². The van der Waals surface area contributed by atoms with Gasteiger partial charge in [-0.05, 0) is 26.0 Å². The van der Waals surface area contributed by atoms with Crippen molar-refractivity contribution in [2.75, 3.05) is 25.0 Å². The van der Waals surface area contributed by atoms with Crippen molar-refractivity contribution in [2.24, 2.45) is 0 Å². The first kappa shape index (κ1) is 10.2. The molecule has 1 aliphatic rings. The largest absolute Gasteiger partial charge is 0.459 e. The standard InChI is InChI=1S/C10H16N4O/c1-2-12-9-4-6-13-10(14-9)15-8-3-5-11-7-8/h4,6,8,11H,2-3,5,7H2,1H3,(H,12,13,14)/t8-/m0/s1. The molecule has 1 saturated heterocycles. The Bertz CT molecular complexity index is 312. The van der Waals surface area contributed by atoms with E-state index < -0.39 is 0 Å². The fourth-order valence-corrected chi connectivity index (χ4v) is 1.55. The highest BCUT2D eigenvalue weighted by molar-refractivity contribution is 5.33. The maximum atomic E-state index is 5.64. The molecule has 2 heterocycles. The quantitative estimate of drug-likeness (QED) is 0.760. The van der Waals surface area contributed by atoms with Gasteiger partial charge in [-0.2, -0.15) is 4.98 Å². The van der Waals surface area contributed by atoms with E-state index in [1.807, 2.05) is 13.0 Å². The Kier molecular flexibility index (Phi) is 3.34. The van der Waals surface area contributed by atoms with E-state index >= 15 is 0 Å². The molecule has 82 valence electrons. The second-order valence-electron chi connectivity index (χ2n) is 3.49. The van der Waals surface area contributed by atoms with Crippen LogP contribution >= 0.6 is 0 Å². The van der Waals surface area contributed by atoms with Crippen LogP contribution in [0.5, 0.6) is 6.01 Å². The second-order valence-corrected chi connectivity index (χ2v) is 3.49. The van der Waals surface area contributed by atoms with Crippen LogP contribution in [0, 0.1) is 0 Å². The molecule has 0 unspecified atom stereocenters. The maximum Gasteiger partial charge on any atom is 0.318 e. The summed E-state index contributed by atoms with van der Waals surface area (Å²) in [6, 6.07) is 2.30. The van der Waals surface area contributed by atoms with E-state index in [4.69, 9.17) is 4.74 Å². The molecule has 0 spiro atoms. The predicted molar refractivity (Wildman–Crippen MR) is 58.1 cm³/mol. The molecule has 0 radical (unpaired) electrons. The van der Waals surface area contributed by atoms with E-state index in [1.54, 1.807) is 6.20 Å². The maximum absolute atomic E-state index is 5.64. The van der Waals surface area contributed by atoms with Crippen molar-refractivity contribution in [3.8, 4) is 6.01 Å². The van der Waals surface area contributed by atoms with E-state index in [0.29, 0.717) is 6.01 Å². The third kappa shape index (κ3) is 2.79. The van der Waals surface area contributed by atoms with Crippen LogP contribution in [-0.4, -0.2) is 35.7 Å². The number of ether oxygens (including phenoxy) is 1. The number of rotatable bonds is 4. The summed E-state index contributed by atoms with van der Waals surface area (Å²) in [5, 5.41) is 6.36. The summed E-state index contributed by atoms with van der Waals surface area (Å²) in [4.78, 5) is 8.34. The minimum atomic E-state index is 0.210. The van der Waals surface area contributed by atoms with Gasteiger partial charge < -0.3 is 15.4 Å². The van der Waals surface area contributed by atoms with E-state index in [0.717, 1.165) is 31.9 Å². The van der Waals surface area contributed by atoms with E-state index in [9.17, 15) is 0 Å². The Labute approximate surface area is 89.3 Å². The molecule has 1 fully saturated rings. The number of nitrogens with one attached hydrogen (secondary N) is 2. The molecule has 5 nitrogen and oxygen atoms in total. The molecule has 1 aromatic rings. The number of hydrogen-bond acceptors (Lipinski definition) is 5. The minimum absolute atomic E-state index is 0.210. The van der Waals surface area contributed by atoms with Gasteiger partial charge in [0, 0.05) is 19.3 Å². The van der Waals surface area contributed by atoms with Crippen LogP contribution in [0.4, 0.5) is 5.82 Å². The van der Waals surface area contributed by atoms with Gasteiger partial charge in [-0.1, -0.05) is 0 Å². The van der Waals surface area contributed by atoms with Gasteiger partial charge in [-0.25, -0.2) is 4.98 Å². The van der Waals surface area contributed by atoms with E-state index in [2.05, 4.69) is 20.6 Å². The van der Waals surface area contributed by atoms with Crippen molar-refractivity contribution < 1.29 is 4.74 Å². The molecule has 0 bridgehead atoms. The van der Waals surface area contributed by atoms with Crippen molar-refractivity contribution in [3.05, 3.63) is 12.3 Å². The lowest BCUT2D eigenvalue weighted by Crippen LogP contribution is -2.20. The van der Waals surface area contributed by atoms with Crippen LogP contribution in [0.15, 0.2) is 12.3 Å². The lowest BCUT2D eigenvalue weighted by Gasteiger charge is -2.10. The number of anilines is 1. The van der Waals surface area contributed by atoms with Gasteiger partial charge in [0.25, 0.3) is 0 Å². The Hall–Kier alpha value is -1.36. The van der Waals surface area contributed by atoms with Gasteiger partial charge in [0.05, 0.1) is 0 Å². The first-order valence-corrected chi connectivity index (χ1v) is 5.33. The summed E-state index contributed by atoms with van der Waals surface area (Å²) in [6.07, 6.45) is 2.94. The molecule has 15 heavy (non-hydrogen) atoms. The lowest BCUT2D eigenvalue weighted by atomic mass is 10.3. The van der Waals surface area contributed by atoms with Crippen LogP contribution in [0.1, 0.15) is 13.3 Å². The van der Waals surface area contributed by atoms with E-state index in [1.165, 1.54) is 0 Å². The third-order valence-electron chi connectivity index (χ3n) is 2.28. The summed E-state index contributed by atoms with van der Waals surface area (Å²) < 4.78 is 5.64. The fraction of sp³-hybridized carbons (Fsp3) is 0.600. The molecule has 1 aromatic heterocycles. The van der Waals surface area contributed by atoms with Crippen LogP contribution < -0.4 is 15.4 Å². The normalized spacial score (nSPS) is 20.2. The van der Waals surface area contributed by atoms with Crippen LogP contribution in [0.25, 0.3) is 0 Å². The number of aromatic nitrogens is 2. The number of hydrogen-bond donors (Lipinski definition) is 2. The Morgan fingerprint density at radius 1 is 1.67 bits per heavy atom. The lowest BCUT2D eigenvalue weighted by molar-refractivity contribution is 0.204. The van der Waals surface area contributed by atoms with Gasteiger partial charge in [0.15, 0.2) is 0 Å². The molecule has 0 aromatic carbocycles. The number of nitrogens with zero attached hydrogens (tertiary/aromatic N) is 2. The molecule has 2 N–H and O–H groups in total. The van der Waals surface area contributed by atoms with Crippen molar-refractivity contribution in [2.45, 2.75) is 19.4 Å². The molecule has 1 aliphatic heterocycles. The summed E-state index contributed by atoms with van der Waals surface area (Å²) in [7, 11) is 0. The second kappa shape index (κ2) is 4.93. The van der Waals surface area contributed by atoms with Crippen molar-refractivity contribution in [1.29, 1.82) is 0 Å². The summed E-state index contributed by atoms with van der Waals surface area (Å²) in [5.41, 5.74) is 0. The average Bonchev–Trinajstić information content (AvgIpc) is 2.71. The topological polar surface area (TPSA) is 59.1 Å². The first-order chi connectivity index (χ1) is 7.38. The zero-order valence-electron chi connectivity index (χ0n) is 8.86. The molecule has 0 amide bonds. The summed E-state index contributed by atoms with van der Waals surface area (Å²) in [5.74, 6) is 0.813. The van der Waals surface area contributed by atoms with Gasteiger partial charge in [-0.15, -0.1) is 0 Å². The molecule has 1 atom stereocenters. The molecule has 2 rings (SSSR count). The molecular formula is C10H16N4O. The average molecular weight is 208 g/mol. The van der Waals surface area contributed by atoms with Crippen LogP contribution in [-0.2, 0) is 0 Å². The minimum Gasteiger partial charge on any atom is -0.459 e. The SMILES string of the molecule is CCNc1ccnc(O[C@H]2CCNC2)n1. The third-order valence-corrected chi connectivity index (χ3v) is 2.28. The van der Waals surface area contributed by atoms with Gasteiger partial charge >= 0.3 is 6.01 Å². The first-order valence-electron chi connectivity index (χ1n) is 5.33. The van der Waals surface area contributed by atoms with Gasteiger partial charge in [-0.3, -0.25) is 0 Å². The zero-order chi connectivity index (χ0) is 10.5. The molecule has 5 heteroatoms. The Morgan fingerprint density at radius 3 is 3.33 bits per heavy atom. The summed E-state index contributed by atoms with van der Waals surface area (Å²) in [6.45, 7) is 4.78. The predicted octanol–water partition coefficient (Wildman–Crippen LogP) is 0.649. The fourth-order valence-electron chi connectivity index (χ4n) is 1.55. The van der Waals surface area contributed by atoms with Crippen molar-refractivity contribution in [3.63, 3.8) is 0 Å². The highest BCUT2D eigenvalue weighted by Gasteiger charge is 2.16. The van der Waals surface area contributed by atoms with Gasteiger partial charge in [0.1, 0.15) is 11.9 Å². The highest BCUT2D eigenvalue weighted by atomic mass is 16.5. The summed E-state index contributed by atoms with van der Waals surface area (Å²) >= 11 is 0. The van der Waals surface area contributed by atoms with Gasteiger partial charge in [0.2, 0.25) is 0 Å². The van der Waals surface area contributed by atoms with Crippen LogP contribution in [0.3, 0.4) is 0 Å².